The van der Waals surface area contributed by atoms with E-state index < -0.39 is 0 Å². The third-order valence-corrected chi connectivity index (χ3v) is 4.13. The molecular formula is C19H13N3O. The maximum absolute atomic E-state index is 9.54. The molecule has 23 heavy (non-hydrogen) atoms. The zero-order valence-electron chi connectivity index (χ0n) is 12.2. The van der Waals surface area contributed by atoms with Gasteiger partial charge in [0.15, 0.2) is 0 Å². The third kappa shape index (κ3) is 2.02. The lowest BCUT2D eigenvalue weighted by atomic mass is 9.83. The van der Waals surface area contributed by atoms with E-state index in [-0.39, 0.29) is 11.8 Å². The van der Waals surface area contributed by atoms with Gasteiger partial charge in [-0.1, -0.05) is 42.5 Å². The Kier molecular flexibility index (Phi) is 2.99. The van der Waals surface area contributed by atoms with E-state index in [4.69, 9.17) is 10.5 Å². The topological polar surface area (TPSA) is 71.9 Å². The van der Waals surface area contributed by atoms with Crippen LogP contribution in [0.15, 0.2) is 72.4 Å². The summed E-state index contributed by atoms with van der Waals surface area (Å²) < 4.78 is 5.81. The van der Waals surface area contributed by atoms with Crippen LogP contribution in [0.4, 0.5) is 0 Å². The molecule has 1 atom stereocenters. The predicted octanol–water partition coefficient (Wildman–Crippen LogP) is 3.45. The number of hydrogen-bond acceptors (Lipinski definition) is 4. The summed E-state index contributed by atoms with van der Waals surface area (Å²) in [5, 5.41) is 11.6. The van der Waals surface area contributed by atoms with Crippen molar-refractivity contribution >= 4 is 10.8 Å². The fourth-order valence-corrected chi connectivity index (χ4v) is 3.08. The summed E-state index contributed by atoms with van der Waals surface area (Å²) in [4.78, 5) is 4.18. The zero-order chi connectivity index (χ0) is 15.8. The first kappa shape index (κ1) is 13.4. The van der Waals surface area contributed by atoms with E-state index in [0.29, 0.717) is 11.3 Å². The lowest BCUT2D eigenvalue weighted by molar-refractivity contribution is 0.398. The summed E-state index contributed by atoms with van der Waals surface area (Å²) >= 11 is 0. The number of allylic oxidation sites excluding steroid dienone is 1. The minimum atomic E-state index is -0.262. The van der Waals surface area contributed by atoms with Gasteiger partial charge in [0.25, 0.3) is 0 Å². The number of ether oxygens (including phenoxy) is 1. The molecule has 0 unspecified atom stereocenters. The molecule has 1 aliphatic heterocycles. The van der Waals surface area contributed by atoms with Crippen LogP contribution in [-0.4, -0.2) is 4.98 Å². The molecule has 0 fully saturated rings. The zero-order valence-corrected chi connectivity index (χ0v) is 12.2. The molecule has 1 aromatic heterocycles. The first-order valence-electron chi connectivity index (χ1n) is 7.29. The number of hydrogen-bond donors (Lipinski definition) is 1. The second-order valence-electron chi connectivity index (χ2n) is 5.42. The number of nitrogens with two attached hydrogens (primary N) is 1. The van der Waals surface area contributed by atoms with Gasteiger partial charge in [0.2, 0.25) is 5.88 Å². The highest BCUT2D eigenvalue weighted by Gasteiger charge is 2.31. The van der Waals surface area contributed by atoms with Crippen LogP contribution in [0.3, 0.4) is 0 Å². The standard InChI is InChI=1S/C19H13N3O/c20-10-16-17(13-5-3-9-22-11-13)15-8-7-12-4-1-2-6-14(12)18(15)23-19(16)21/h1-9,11,17H,21H2/t17-/m1/s1. The summed E-state index contributed by atoms with van der Waals surface area (Å²) in [7, 11) is 0. The van der Waals surface area contributed by atoms with E-state index in [1.54, 1.807) is 12.4 Å². The minimum Gasteiger partial charge on any atom is -0.440 e. The van der Waals surface area contributed by atoms with Crippen LogP contribution in [0.25, 0.3) is 10.8 Å². The maximum atomic E-state index is 9.54. The average Bonchev–Trinajstić information content (AvgIpc) is 2.61. The largest absolute Gasteiger partial charge is 0.440 e. The molecule has 4 nitrogen and oxygen atoms in total. The molecule has 110 valence electrons. The second kappa shape index (κ2) is 5.15. The molecule has 0 amide bonds. The van der Waals surface area contributed by atoms with Gasteiger partial charge in [-0.3, -0.25) is 4.98 Å². The minimum absolute atomic E-state index is 0.158. The molecule has 3 aromatic rings. The molecule has 0 radical (unpaired) electrons. The first-order chi connectivity index (χ1) is 11.3. The van der Waals surface area contributed by atoms with Gasteiger partial charge in [0, 0.05) is 23.3 Å². The third-order valence-electron chi connectivity index (χ3n) is 4.13. The van der Waals surface area contributed by atoms with Crippen LogP contribution in [0, 0.1) is 11.3 Å². The molecule has 0 bridgehead atoms. The molecule has 2 heterocycles. The van der Waals surface area contributed by atoms with Crippen molar-refractivity contribution in [3.8, 4) is 11.8 Å². The molecule has 0 saturated carbocycles. The van der Waals surface area contributed by atoms with Crippen LogP contribution in [0.2, 0.25) is 0 Å². The van der Waals surface area contributed by atoms with E-state index in [2.05, 4.69) is 11.1 Å². The van der Waals surface area contributed by atoms with Crippen molar-refractivity contribution in [1.29, 1.82) is 5.26 Å². The monoisotopic (exact) mass is 299 g/mol. The van der Waals surface area contributed by atoms with Gasteiger partial charge in [-0.2, -0.15) is 5.26 Å². The lowest BCUT2D eigenvalue weighted by Gasteiger charge is -2.27. The van der Waals surface area contributed by atoms with Crippen molar-refractivity contribution in [2.24, 2.45) is 5.73 Å². The van der Waals surface area contributed by atoms with E-state index >= 15 is 0 Å². The summed E-state index contributed by atoms with van der Waals surface area (Å²) in [5.41, 5.74) is 8.31. The van der Waals surface area contributed by atoms with Gasteiger partial charge in [-0.15, -0.1) is 0 Å². The number of nitrogens with zero attached hydrogens (tertiary/aromatic N) is 2. The van der Waals surface area contributed by atoms with Crippen molar-refractivity contribution in [1.82, 2.24) is 4.98 Å². The molecule has 0 aliphatic carbocycles. The van der Waals surface area contributed by atoms with Crippen LogP contribution < -0.4 is 10.5 Å². The van der Waals surface area contributed by atoms with Gasteiger partial charge in [0.1, 0.15) is 17.4 Å². The summed E-state index contributed by atoms with van der Waals surface area (Å²) in [6.45, 7) is 0. The number of benzene rings is 2. The quantitative estimate of drug-likeness (QED) is 0.747. The Morgan fingerprint density at radius 1 is 1.09 bits per heavy atom. The number of aromatic nitrogens is 1. The van der Waals surface area contributed by atoms with Crippen molar-refractivity contribution in [3.05, 3.63) is 83.5 Å². The fourth-order valence-electron chi connectivity index (χ4n) is 3.08. The van der Waals surface area contributed by atoms with Gasteiger partial charge in [0.05, 0.1) is 5.92 Å². The molecule has 1 aliphatic rings. The van der Waals surface area contributed by atoms with Crippen LogP contribution in [0.1, 0.15) is 17.0 Å². The van der Waals surface area contributed by atoms with Crippen molar-refractivity contribution in [2.45, 2.75) is 5.92 Å². The first-order valence-corrected chi connectivity index (χ1v) is 7.29. The Bertz CT molecular complexity index is 971. The van der Waals surface area contributed by atoms with Gasteiger partial charge >= 0.3 is 0 Å². The molecule has 0 saturated heterocycles. The molecule has 2 aromatic carbocycles. The van der Waals surface area contributed by atoms with Crippen LogP contribution in [-0.2, 0) is 0 Å². The van der Waals surface area contributed by atoms with Crippen LogP contribution >= 0.6 is 0 Å². The van der Waals surface area contributed by atoms with E-state index in [0.717, 1.165) is 21.9 Å². The SMILES string of the molecule is N#CC1=C(N)Oc2c(ccc3ccccc23)[C@H]1c1cccnc1. The Labute approximate surface area is 133 Å². The second-order valence-corrected chi connectivity index (χ2v) is 5.42. The summed E-state index contributed by atoms with van der Waals surface area (Å²) in [5.74, 6) is 0.612. The maximum Gasteiger partial charge on any atom is 0.205 e. The Morgan fingerprint density at radius 2 is 1.96 bits per heavy atom. The number of fused-ring (bicyclic) bond motifs is 3. The highest BCUT2D eigenvalue weighted by atomic mass is 16.5. The Balaban J connectivity index is 2.03. The molecule has 2 N–H and O–H groups in total. The van der Waals surface area contributed by atoms with Crippen molar-refractivity contribution in [2.75, 3.05) is 0 Å². The highest BCUT2D eigenvalue weighted by molar-refractivity contribution is 5.90. The molecular weight excluding hydrogens is 286 g/mol. The summed E-state index contributed by atoms with van der Waals surface area (Å²) in [6, 6.07) is 18.0. The van der Waals surface area contributed by atoms with Gasteiger partial charge in [-0.05, 0) is 17.0 Å². The molecule has 0 spiro atoms. The van der Waals surface area contributed by atoms with Crippen molar-refractivity contribution < 1.29 is 4.74 Å². The highest BCUT2D eigenvalue weighted by Crippen LogP contribution is 2.44. The van der Waals surface area contributed by atoms with Crippen LogP contribution in [0.5, 0.6) is 5.75 Å². The van der Waals surface area contributed by atoms with E-state index in [1.165, 1.54) is 0 Å². The Hall–Kier alpha value is -3.32. The predicted molar refractivity (Wildman–Crippen MR) is 87.5 cm³/mol. The Morgan fingerprint density at radius 3 is 2.74 bits per heavy atom. The van der Waals surface area contributed by atoms with Gasteiger partial charge < -0.3 is 10.5 Å². The number of pyridine rings is 1. The van der Waals surface area contributed by atoms with E-state index in [9.17, 15) is 5.26 Å². The molecule has 4 rings (SSSR count). The van der Waals surface area contributed by atoms with Gasteiger partial charge in [-0.25, -0.2) is 0 Å². The van der Waals surface area contributed by atoms with E-state index in [1.807, 2.05) is 48.5 Å². The lowest BCUT2D eigenvalue weighted by Crippen LogP contribution is -2.21. The summed E-state index contributed by atoms with van der Waals surface area (Å²) in [6.07, 6.45) is 3.48. The smallest absolute Gasteiger partial charge is 0.205 e. The fraction of sp³-hybridized carbons (Fsp3) is 0.0526. The average molecular weight is 299 g/mol. The van der Waals surface area contributed by atoms with Crippen molar-refractivity contribution in [3.63, 3.8) is 0 Å². The number of nitriles is 1. The number of rotatable bonds is 1. The molecule has 4 heteroatoms. The normalized spacial score (nSPS) is 16.6.